The van der Waals surface area contributed by atoms with Gasteiger partial charge in [-0.2, -0.15) is 0 Å². The van der Waals surface area contributed by atoms with Gasteiger partial charge in [-0.15, -0.1) is 0 Å². The van der Waals surface area contributed by atoms with Gasteiger partial charge in [-0.05, 0) is 33.2 Å². The molecule has 0 amide bonds. The summed E-state index contributed by atoms with van der Waals surface area (Å²) in [5, 5.41) is 12.7. The maximum atomic E-state index is 9.24. The van der Waals surface area contributed by atoms with Crippen LogP contribution in [0.2, 0.25) is 0 Å². The molecule has 98 valence electrons. The molecular formula is C15H22N2O. The Morgan fingerprint density at radius 1 is 1.28 bits per heavy atom. The molecule has 1 aliphatic heterocycles. The van der Waals surface area contributed by atoms with E-state index in [2.05, 4.69) is 23.9 Å². The Morgan fingerprint density at radius 3 is 2.61 bits per heavy atom. The summed E-state index contributed by atoms with van der Waals surface area (Å²) in [6, 6.07) is 9.91. The highest BCUT2D eigenvalue weighted by molar-refractivity contribution is 6.01. The Labute approximate surface area is 109 Å². The highest BCUT2D eigenvalue weighted by atomic mass is 16.4. The smallest absolute Gasteiger partial charge is 0.101 e. The zero-order chi connectivity index (χ0) is 13.0. The minimum absolute atomic E-state index is 0.197. The highest BCUT2D eigenvalue weighted by Gasteiger charge is 2.30. The third kappa shape index (κ3) is 2.91. The normalized spacial score (nSPS) is 20.9. The molecule has 1 fully saturated rings. The van der Waals surface area contributed by atoms with Gasteiger partial charge in [0.1, 0.15) is 5.71 Å². The average molecular weight is 246 g/mol. The lowest BCUT2D eigenvalue weighted by Gasteiger charge is -2.42. The van der Waals surface area contributed by atoms with Gasteiger partial charge >= 0.3 is 0 Å². The number of piperidine rings is 1. The zero-order valence-corrected chi connectivity index (χ0v) is 11.3. The fourth-order valence-corrected chi connectivity index (χ4v) is 2.61. The minimum Gasteiger partial charge on any atom is -0.411 e. The van der Waals surface area contributed by atoms with Crippen LogP contribution in [0.5, 0.6) is 0 Å². The summed E-state index contributed by atoms with van der Waals surface area (Å²) in [6.45, 7) is 6.34. The second-order valence-corrected chi connectivity index (χ2v) is 5.60. The molecule has 1 aromatic rings. The fraction of sp³-hybridized carbons (Fsp3) is 0.533. The third-order valence-electron chi connectivity index (χ3n) is 3.89. The molecule has 0 atom stereocenters. The summed E-state index contributed by atoms with van der Waals surface area (Å²) in [7, 11) is 0. The van der Waals surface area contributed by atoms with E-state index in [4.69, 9.17) is 0 Å². The molecule has 1 saturated heterocycles. The number of likely N-dealkylation sites (tertiary alicyclic amines) is 1. The molecule has 3 nitrogen and oxygen atoms in total. The maximum absolute atomic E-state index is 9.24. The summed E-state index contributed by atoms with van der Waals surface area (Å²) < 4.78 is 0. The van der Waals surface area contributed by atoms with E-state index < -0.39 is 0 Å². The number of hydrogen-bond donors (Lipinski definition) is 1. The van der Waals surface area contributed by atoms with E-state index in [-0.39, 0.29) is 5.54 Å². The SMILES string of the molecule is CC1(C)CCCCN1C/C(=N\O)c1ccccc1. The van der Waals surface area contributed by atoms with Crippen molar-refractivity contribution in [3.8, 4) is 0 Å². The van der Waals surface area contributed by atoms with E-state index in [0.717, 1.165) is 17.8 Å². The zero-order valence-electron chi connectivity index (χ0n) is 11.3. The molecule has 1 aliphatic rings. The van der Waals surface area contributed by atoms with Gasteiger partial charge in [0.15, 0.2) is 0 Å². The molecule has 0 spiro atoms. The van der Waals surface area contributed by atoms with Crippen molar-refractivity contribution in [2.75, 3.05) is 13.1 Å². The second-order valence-electron chi connectivity index (χ2n) is 5.60. The Bertz CT molecular complexity index is 412. The summed E-state index contributed by atoms with van der Waals surface area (Å²) >= 11 is 0. The minimum atomic E-state index is 0.197. The van der Waals surface area contributed by atoms with Crippen molar-refractivity contribution in [1.29, 1.82) is 0 Å². The fourth-order valence-electron chi connectivity index (χ4n) is 2.61. The predicted molar refractivity (Wildman–Crippen MR) is 74.3 cm³/mol. The summed E-state index contributed by atoms with van der Waals surface area (Å²) in [5.74, 6) is 0. The van der Waals surface area contributed by atoms with Crippen LogP contribution in [0.3, 0.4) is 0 Å². The van der Waals surface area contributed by atoms with Crippen LogP contribution in [0.4, 0.5) is 0 Å². The van der Waals surface area contributed by atoms with Crippen LogP contribution < -0.4 is 0 Å². The van der Waals surface area contributed by atoms with Crippen molar-refractivity contribution in [1.82, 2.24) is 4.90 Å². The van der Waals surface area contributed by atoms with E-state index in [1.165, 1.54) is 19.3 Å². The number of oxime groups is 1. The molecule has 0 aromatic heterocycles. The van der Waals surface area contributed by atoms with E-state index in [1.807, 2.05) is 30.3 Å². The van der Waals surface area contributed by atoms with Crippen LogP contribution in [-0.4, -0.2) is 34.4 Å². The summed E-state index contributed by atoms with van der Waals surface area (Å²) in [6.07, 6.45) is 3.73. The van der Waals surface area contributed by atoms with Gasteiger partial charge < -0.3 is 5.21 Å². The van der Waals surface area contributed by atoms with Crippen LogP contribution in [0, 0.1) is 0 Å². The molecule has 2 rings (SSSR count). The Kier molecular flexibility index (Phi) is 4.02. The second kappa shape index (κ2) is 5.53. The Morgan fingerprint density at radius 2 is 2.00 bits per heavy atom. The average Bonchev–Trinajstić information content (AvgIpc) is 2.38. The molecule has 0 unspecified atom stereocenters. The number of rotatable bonds is 3. The first-order valence-corrected chi connectivity index (χ1v) is 6.65. The van der Waals surface area contributed by atoms with Gasteiger partial charge in [0.25, 0.3) is 0 Å². The Hall–Kier alpha value is -1.35. The quantitative estimate of drug-likeness (QED) is 0.505. The van der Waals surface area contributed by atoms with E-state index in [1.54, 1.807) is 0 Å². The number of hydrogen-bond acceptors (Lipinski definition) is 3. The molecule has 1 aromatic carbocycles. The largest absolute Gasteiger partial charge is 0.411 e. The van der Waals surface area contributed by atoms with E-state index in [9.17, 15) is 5.21 Å². The van der Waals surface area contributed by atoms with Crippen molar-refractivity contribution < 1.29 is 5.21 Å². The molecule has 0 saturated carbocycles. The van der Waals surface area contributed by atoms with Crippen LogP contribution in [-0.2, 0) is 0 Å². The van der Waals surface area contributed by atoms with Crippen LogP contribution >= 0.6 is 0 Å². The predicted octanol–water partition coefficient (Wildman–Crippen LogP) is 3.13. The third-order valence-corrected chi connectivity index (χ3v) is 3.89. The van der Waals surface area contributed by atoms with Gasteiger partial charge in [-0.25, -0.2) is 0 Å². The highest BCUT2D eigenvalue weighted by Crippen LogP contribution is 2.27. The molecule has 1 N–H and O–H groups in total. The topological polar surface area (TPSA) is 35.8 Å². The first-order valence-electron chi connectivity index (χ1n) is 6.65. The number of nitrogens with zero attached hydrogens (tertiary/aromatic N) is 2. The molecule has 1 heterocycles. The van der Waals surface area contributed by atoms with Crippen LogP contribution in [0.1, 0.15) is 38.7 Å². The summed E-state index contributed by atoms with van der Waals surface area (Å²) in [5.41, 5.74) is 1.95. The standard InChI is InChI=1S/C15H22N2O/c1-15(2)10-6-7-11-17(15)12-14(16-18)13-8-4-3-5-9-13/h3-5,8-9,18H,6-7,10-12H2,1-2H3/b16-14+. The van der Waals surface area contributed by atoms with Gasteiger partial charge in [0.2, 0.25) is 0 Å². The van der Waals surface area contributed by atoms with Crippen molar-refractivity contribution in [3.05, 3.63) is 35.9 Å². The van der Waals surface area contributed by atoms with Gasteiger partial charge in [-0.3, -0.25) is 4.90 Å². The lowest BCUT2D eigenvalue weighted by atomic mass is 9.90. The van der Waals surface area contributed by atoms with Crippen molar-refractivity contribution >= 4 is 5.71 Å². The molecule has 3 heteroatoms. The van der Waals surface area contributed by atoms with Crippen molar-refractivity contribution in [2.45, 2.75) is 38.6 Å². The van der Waals surface area contributed by atoms with Gasteiger partial charge in [0, 0.05) is 17.6 Å². The lowest BCUT2D eigenvalue weighted by molar-refractivity contribution is 0.0943. The Balaban J connectivity index is 2.12. The molecular weight excluding hydrogens is 224 g/mol. The van der Waals surface area contributed by atoms with Crippen molar-refractivity contribution in [3.63, 3.8) is 0 Å². The number of benzene rings is 1. The van der Waals surface area contributed by atoms with Crippen molar-refractivity contribution in [2.24, 2.45) is 5.16 Å². The molecule has 0 bridgehead atoms. The maximum Gasteiger partial charge on any atom is 0.101 e. The van der Waals surface area contributed by atoms with Gasteiger partial charge in [0.05, 0.1) is 0 Å². The lowest BCUT2D eigenvalue weighted by Crippen LogP contribution is -2.49. The molecule has 0 aliphatic carbocycles. The summed E-state index contributed by atoms with van der Waals surface area (Å²) in [4.78, 5) is 2.42. The van der Waals surface area contributed by atoms with Crippen LogP contribution in [0.15, 0.2) is 35.5 Å². The van der Waals surface area contributed by atoms with E-state index in [0.29, 0.717) is 6.54 Å². The monoisotopic (exact) mass is 246 g/mol. The first-order chi connectivity index (χ1) is 8.63. The molecule has 18 heavy (non-hydrogen) atoms. The first kappa shape index (κ1) is 13.1. The van der Waals surface area contributed by atoms with E-state index >= 15 is 0 Å². The van der Waals surface area contributed by atoms with Gasteiger partial charge in [-0.1, -0.05) is 41.9 Å². The van der Waals surface area contributed by atoms with Crippen LogP contribution in [0.25, 0.3) is 0 Å². The molecule has 0 radical (unpaired) electrons.